The van der Waals surface area contributed by atoms with Crippen LogP contribution in [0.5, 0.6) is 0 Å². The lowest BCUT2D eigenvalue weighted by Crippen LogP contribution is -2.44. The van der Waals surface area contributed by atoms with Gasteiger partial charge in [-0.05, 0) is 37.6 Å². The first kappa shape index (κ1) is 13.3. The van der Waals surface area contributed by atoms with E-state index in [0.29, 0.717) is 5.39 Å². The highest BCUT2D eigenvalue weighted by Crippen LogP contribution is 2.17. The van der Waals surface area contributed by atoms with Gasteiger partial charge < -0.3 is 4.90 Å². The minimum absolute atomic E-state index is 0.00989. The van der Waals surface area contributed by atoms with Crippen LogP contribution in [0, 0.1) is 0 Å². The molecule has 5 nitrogen and oxygen atoms in total. The van der Waals surface area contributed by atoms with Gasteiger partial charge in [-0.15, -0.1) is 11.3 Å². The summed E-state index contributed by atoms with van der Waals surface area (Å²) in [7, 11) is 0. The molecule has 1 aliphatic heterocycles. The molecular formula is C14H17N3O2S. The molecule has 3 heterocycles. The SMILES string of the molecule is CC1CCCCN1C(=O)Cn1cnc2sccc2c1=O. The van der Waals surface area contributed by atoms with Crippen molar-refractivity contribution in [2.45, 2.75) is 38.8 Å². The fourth-order valence-corrected chi connectivity index (χ4v) is 3.43. The quantitative estimate of drug-likeness (QED) is 0.848. The molecule has 1 fully saturated rings. The Morgan fingerprint density at radius 3 is 3.15 bits per heavy atom. The first-order chi connectivity index (χ1) is 9.66. The van der Waals surface area contributed by atoms with E-state index in [1.807, 2.05) is 10.3 Å². The topological polar surface area (TPSA) is 55.2 Å². The van der Waals surface area contributed by atoms with Crippen LogP contribution in [0.3, 0.4) is 0 Å². The van der Waals surface area contributed by atoms with Crippen LogP contribution in [-0.2, 0) is 11.3 Å². The van der Waals surface area contributed by atoms with Crippen molar-refractivity contribution in [3.05, 3.63) is 28.1 Å². The van der Waals surface area contributed by atoms with Crippen LogP contribution in [0.25, 0.3) is 10.2 Å². The van der Waals surface area contributed by atoms with Gasteiger partial charge >= 0.3 is 0 Å². The average molecular weight is 291 g/mol. The molecule has 0 aliphatic carbocycles. The minimum atomic E-state index is -0.130. The van der Waals surface area contributed by atoms with Crippen molar-refractivity contribution < 1.29 is 4.79 Å². The lowest BCUT2D eigenvalue weighted by atomic mass is 10.0. The maximum atomic E-state index is 12.3. The number of carbonyl (C=O) groups is 1. The highest BCUT2D eigenvalue weighted by molar-refractivity contribution is 7.16. The molecule has 0 spiro atoms. The summed E-state index contributed by atoms with van der Waals surface area (Å²) >= 11 is 1.44. The zero-order chi connectivity index (χ0) is 14.1. The van der Waals surface area contributed by atoms with Gasteiger partial charge in [0.1, 0.15) is 11.4 Å². The molecular weight excluding hydrogens is 274 g/mol. The van der Waals surface area contributed by atoms with E-state index in [1.54, 1.807) is 6.07 Å². The maximum absolute atomic E-state index is 12.3. The molecule has 0 saturated carbocycles. The summed E-state index contributed by atoms with van der Waals surface area (Å²) in [4.78, 5) is 31.4. The van der Waals surface area contributed by atoms with Gasteiger partial charge in [-0.1, -0.05) is 0 Å². The smallest absolute Gasteiger partial charge is 0.262 e. The van der Waals surface area contributed by atoms with E-state index in [-0.39, 0.29) is 24.1 Å². The Bertz CT molecular complexity index is 691. The van der Waals surface area contributed by atoms with Gasteiger partial charge in [0.2, 0.25) is 5.91 Å². The summed E-state index contributed by atoms with van der Waals surface area (Å²) < 4.78 is 1.42. The normalized spacial score (nSPS) is 19.4. The van der Waals surface area contributed by atoms with E-state index >= 15 is 0 Å². The number of rotatable bonds is 2. The number of thiophene rings is 1. The summed E-state index contributed by atoms with van der Waals surface area (Å²) in [6, 6.07) is 2.03. The number of likely N-dealkylation sites (tertiary alicyclic amines) is 1. The van der Waals surface area contributed by atoms with E-state index in [0.717, 1.165) is 24.2 Å². The van der Waals surface area contributed by atoms with Crippen molar-refractivity contribution in [3.63, 3.8) is 0 Å². The van der Waals surface area contributed by atoms with Gasteiger partial charge in [-0.25, -0.2) is 4.98 Å². The van der Waals surface area contributed by atoms with Gasteiger partial charge in [0.15, 0.2) is 0 Å². The van der Waals surface area contributed by atoms with Crippen LogP contribution in [0.1, 0.15) is 26.2 Å². The van der Waals surface area contributed by atoms with Gasteiger partial charge in [-0.3, -0.25) is 14.2 Å². The van der Waals surface area contributed by atoms with E-state index in [1.165, 1.54) is 28.7 Å². The van der Waals surface area contributed by atoms with Gasteiger partial charge in [0, 0.05) is 12.6 Å². The largest absolute Gasteiger partial charge is 0.338 e. The van der Waals surface area contributed by atoms with Crippen LogP contribution in [0.4, 0.5) is 0 Å². The number of piperidine rings is 1. The highest BCUT2D eigenvalue weighted by Gasteiger charge is 2.23. The predicted octanol–water partition coefficient (Wildman–Crippen LogP) is 1.86. The average Bonchev–Trinajstić information content (AvgIpc) is 2.91. The van der Waals surface area contributed by atoms with E-state index in [9.17, 15) is 9.59 Å². The van der Waals surface area contributed by atoms with Crippen molar-refractivity contribution in [1.82, 2.24) is 14.5 Å². The van der Waals surface area contributed by atoms with Crippen molar-refractivity contribution in [3.8, 4) is 0 Å². The number of aromatic nitrogens is 2. The third kappa shape index (κ3) is 2.35. The Kier molecular flexibility index (Phi) is 3.56. The molecule has 1 saturated heterocycles. The molecule has 20 heavy (non-hydrogen) atoms. The third-order valence-electron chi connectivity index (χ3n) is 3.88. The Morgan fingerprint density at radius 2 is 2.35 bits per heavy atom. The summed E-state index contributed by atoms with van der Waals surface area (Å²) in [6.07, 6.45) is 4.75. The van der Waals surface area contributed by atoms with Crippen molar-refractivity contribution >= 4 is 27.5 Å². The molecule has 106 valence electrons. The van der Waals surface area contributed by atoms with Crippen molar-refractivity contribution in [1.29, 1.82) is 0 Å². The van der Waals surface area contributed by atoms with E-state index in [4.69, 9.17) is 0 Å². The van der Waals surface area contributed by atoms with E-state index in [2.05, 4.69) is 11.9 Å². The summed E-state index contributed by atoms with van der Waals surface area (Å²) in [5, 5.41) is 2.44. The second-order valence-electron chi connectivity index (χ2n) is 5.25. The van der Waals surface area contributed by atoms with Gasteiger partial charge in [-0.2, -0.15) is 0 Å². The minimum Gasteiger partial charge on any atom is -0.338 e. The zero-order valence-electron chi connectivity index (χ0n) is 11.4. The Hall–Kier alpha value is -1.69. The van der Waals surface area contributed by atoms with E-state index < -0.39 is 0 Å². The first-order valence-electron chi connectivity index (χ1n) is 6.89. The standard InChI is InChI=1S/C14H17N3O2S/c1-10-4-2-3-6-17(10)12(18)8-16-9-15-13-11(14(16)19)5-7-20-13/h5,7,9-10H,2-4,6,8H2,1H3. The van der Waals surface area contributed by atoms with Crippen LogP contribution in [0.2, 0.25) is 0 Å². The van der Waals surface area contributed by atoms with Crippen LogP contribution in [0.15, 0.2) is 22.6 Å². The number of fused-ring (bicyclic) bond motifs is 1. The number of carbonyl (C=O) groups excluding carboxylic acids is 1. The van der Waals surface area contributed by atoms with Crippen molar-refractivity contribution in [2.75, 3.05) is 6.54 Å². The second kappa shape index (κ2) is 5.36. The Labute approximate surface area is 120 Å². The number of hydrogen-bond acceptors (Lipinski definition) is 4. The number of hydrogen-bond donors (Lipinski definition) is 0. The van der Waals surface area contributed by atoms with Crippen LogP contribution >= 0.6 is 11.3 Å². The molecule has 0 N–H and O–H groups in total. The molecule has 0 aromatic carbocycles. The van der Waals surface area contributed by atoms with Gasteiger partial charge in [0.25, 0.3) is 5.56 Å². The Morgan fingerprint density at radius 1 is 1.50 bits per heavy atom. The molecule has 0 bridgehead atoms. The lowest BCUT2D eigenvalue weighted by molar-refractivity contribution is -0.135. The molecule has 1 amide bonds. The lowest BCUT2D eigenvalue weighted by Gasteiger charge is -2.33. The van der Waals surface area contributed by atoms with Crippen LogP contribution in [-0.4, -0.2) is 32.9 Å². The monoisotopic (exact) mass is 291 g/mol. The van der Waals surface area contributed by atoms with Crippen molar-refractivity contribution in [2.24, 2.45) is 0 Å². The first-order valence-corrected chi connectivity index (χ1v) is 7.77. The fraction of sp³-hybridized carbons (Fsp3) is 0.500. The third-order valence-corrected chi connectivity index (χ3v) is 4.70. The predicted molar refractivity (Wildman–Crippen MR) is 78.9 cm³/mol. The molecule has 2 aromatic heterocycles. The molecule has 1 atom stereocenters. The molecule has 0 radical (unpaired) electrons. The van der Waals surface area contributed by atoms with Crippen LogP contribution < -0.4 is 5.56 Å². The number of nitrogens with zero attached hydrogens (tertiary/aromatic N) is 3. The molecule has 3 rings (SSSR count). The number of amides is 1. The second-order valence-corrected chi connectivity index (χ2v) is 6.14. The molecule has 1 unspecified atom stereocenters. The fourth-order valence-electron chi connectivity index (χ4n) is 2.71. The summed E-state index contributed by atoms with van der Waals surface area (Å²) in [5.41, 5.74) is -0.130. The maximum Gasteiger partial charge on any atom is 0.262 e. The summed E-state index contributed by atoms with van der Waals surface area (Å²) in [5.74, 6) is 0.00989. The van der Waals surface area contributed by atoms with Gasteiger partial charge in [0.05, 0.1) is 11.7 Å². The molecule has 1 aliphatic rings. The Balaban J connectivity index is 1.83. The summed E-state index contributed by atoms with van der Waals surface area (Å²) in [6.45, 7) is 2.95. The highest BCUT2D eigenvalue weighted by atomic mass is 32.1. The zero-order valence-corrected chi connectivity index (χ0v) is 12.2. The molecule has 2 aromatic rings. The molecule has 6 heteroatoms.